The van der Waals surface area contributed by atoms with E-state index in [1.165, 1.54) is 33.0 Å². The fourth-order valence-corrected chi connectivity index (χ4v) is 4.45. The summed E-state index contributed by atoms with van der Waals surface area (Å²) in [5, 5.41) is 39.5. The van der Waals surface area contributed by atoms with Gasteiger partial charge in [-0.1, -0.05) is 40.5 Å². The molecule has 0 saturated heterocycles. The summed E-state index contributed by atoms with van der Waals surface area (Å²) < 4.78 is 86.0. The minimum Gasteiger partial charge on any atom is -0.530 e. The fraction of sp³-hybridized carbons (Fsp3) is 0.500. The number of rotatable bonds is 10. The second kappa shape index (κ2) is 12.6. The van der Waals surface area contributed by atoms with E-state index in [1.54, 1.807) is 6.92 Å². The van der Waals surface area contributed by atoms with Crippen molar-refractivity contribution in [2.75, 3.05) is 5.32 Å². The molecule has 2 heterocycles. The lowest BCUT2D eigenvalue weighted by molar-refractivity contribution is -0.276. The summed E-state index contributed by atoms with van der Waals surface area (Å²) in [6, 6.07) is -0.810. The molecule has 0 aliphatic carbocycles. The van der Waals surface area contributed by atoms with Crippen molar-refractivity contribution in [1.82, 2.24) is 25.3 Å². The first kappa shape index (κ1) is 33.4. The van der Waals surface area contributed by atoms with Crippen LogP contribution >= 0.6 is 0 Å². The number of halogens is 6. The van der Waals surface area contributed by atoms with Gasteiger partial charge in [0.15, 0.2) is 6.10 Å². The number of unbranched alkanes of at least 4 members (excludes halogenated alkanes) is 1. The number of carbonyl (C=O) groups is 2. The van der Waals surface area contributed by atoms with Crippen molar-refractivity contribution < 1.29 is 50.6 Å². The monoisotopic (exact) mass is 619 g/mol. The molecule has 0 saturated carbocycles. The molecule has 2 aromatic heterocycles. The topological polar surface area (TPSA) is 160 Å². The van der Waals surface area contributed by atoms with Crippen LogP contribution in [0.15, 0.2) is 34.9 Å². The minimum absolute atomic E-state index is 0.0435. The largest absolute Gasteiger partial charge is 0.530 e. The molecule has 0 radical (unpaired) electrons. The molecule has 3 atom stereocenters. The molecule has 2 amide bonds. The summed E-state index contributed by atoms with van der Waals surface area (Å²) in [6.45, 7) is 6.40. The zero-order chi connectivity index (χ0) is 32.3. The second-order valence-electron chi connectivity index (χ2n) is 10.8. The van der Waals surface area contributed by atoms with Crippen LogP contribution in [0.5, 0.6) is 0 Å². The predicted octanol–water partition coefficient (Wildman–Crippen LogP) is 4.79. The number of aliphatic hydroxyl groups excluding tert-OH is 1. The first-order valence-electron chi connectivity index (χ1n) is 13.0. The van der Waals surface area contributed by atoms with Crippen LogP contribution in [-0.2, 0) is 17.1 Å². The minimum atomic E-state index is -5.14. The van der Waals surface area contributed by atoms with Gasteiger partial charge in [-0.05, 0) is 30.0 Å². The summed E-state index contributed by atoms with van der Waals surface area (Å²) in [5.74, 6) is -2.13. The van der Waals surface area contributed by atoms with Crippen molar-refractivity contribution >= 4 is 17.8 Å². The van der Waals surface area contributed by atoms with Crippen LogP contribution in [0.1, 0.15) is 70.0 Å². The quantitative estimate of drug-likeness (QED) is 0.273. The maximum absolute atomic E-state index is 13.4. The number of hydrogen-bond donors (Lipinski definition) is 3. The van der Waals surface area contributed by atoms with E-state index in [9.17, 15) is 46.1 Å². The third-order valence-corrected chi connectivity index (χ3v) is 6.42. The lowest BCUT2D eigenvalue weighted by atomic mass is 9.83. The van der Waals surface area contributed by atoms with Gasteiger partial charge in [0, 0.05) is 11.6 Å². The normalized spacial score (nSPS) is 14.7. The number of nitrogens with one attached hydrogen (secondary N) is 2. The average Bonchev–Trinajstić information content (AvgIpc) is 3.58. The Morgan fingerprint density at radius 2 is 1.67 bits per heavy atom. The Morgan fingerprint density at radius 3 is 2.14 bits per heavy atom. The molecule has 3 aromatic rings. The first-order valence-corrected chi connectivity index (χ1v) is 13.0. The van der Waals surface area contributed by atoms with Crippen LogP contribution in [-0.4, -0.2) is 54.5 Å². The number of carbonyl (C=O) groups excluding carboxylic acids is 2. The van der Waals surface area contributed by atoms with E-state index in [1.807, 2.05) is 0 Å². The van der Waals surface area contributed by atoms with Crippen LogP contribution in [0.25, 0.3) is 11.5 Å². The molecule has 43 heavy (non-hydrogen) atoms. The number of carboxylic acid groups (broad SMARTS) is 1. The third-order valence-electron chi connectivity index (χ3n) is 6.42. The summed E-state index contributed by atoms with van der Waals surface area (Å²) in [6.07, 6.45) is -11.9. The Bertz CT molecular complexity index is 1370. The highest BCUT2D eigenvalue weighted by Gasteiger charge is 2.44. The highest BCUT2D eigenvalue weighted by Crippen LogP contribution is 2.42. The number of amides is 2. The van der Waals surface area contributed by atoms with Gasteiger partial charge in [0.25, 0.3) is 5.91 Å². The van der Waals surface area contributed by atoms with E-state index in [0.717, 1.165) is 0 Å². The van der Waals surface area contributed by atoms with Crippen LogP contribution < -0.4 is 10.4 Å². The van der Waals surface area contributed by atoms with Gasteiger partial charge in [0.05, 0.1) is 23.4 Å². The van der Waals surface area contributed by atoms with Crippen LogP contribution in [0.2, 0.25) is 0 Å². The predicted molar refractivity (Wildman–Crippen MR) is 136 cm³/mol. The number of aliphatic hydroxyl groups is 1. The zero-order valence-electron chi connectivity index (χ0n) is 23.4. The summed E-state index contributed by atoms with van der Waals surface area (Å²) in [5.41, 5.74) is -5.09. The Morgan fingerprint density at radius 1 is 1.07 bits per heavy atom. The molecule has 0 fully saturated rings. The Labute approximate surface area is 241 Å². The zero-order valence-corrected chi connectivity index (χ0v) is 23.4. The second-order valence-corrected chi connectivity index (χ2v) is 10.8. The summed E-state index contributed by atoms with van der Waals surface area (Å²) in [7, 11) is 0. The van der Waals surface area contributed by atoms with E-state index in [4.69, 9.17) is 4.42 Å². The Hall–Kier alpha value is -4.15. The van der Waals surface area contributed by atoms with Crippen molar-refractivity contribution in [2.45, 2.75) is 77.5 Å². The number of aromatic amines is 1. The number of H-pyrrole nitrogens is 1. The Balaban J connectivity index is 2.11. The van der Waals surface area contributed by atoms with Gasteiger partial charge in [-0.15, -0.1) is 10.2 Å². The molecule has 0 aliphatic rings. The van der Waals surface area contributed by atoms with E-state index < -0.39 is 76.4 Å². The smallest absolute Gasteiger partial charge is 0.416 e. The molecule has 0 aliphatic heterocycles. The van der Waals surface area contributed by atoms with Crippen LogP contribution in [0.3, 0.4) is 0 Å². The van der Waals surface area contributed by atoms with Gasteiger partial charge in [-0.3, -0.25) is 9.89 Å². The van der Waals surface area contributed by atoms with Crippen molar-refractivity contribution in [3.8, 4) is 11.5 Å². The molecular weight excluding hydrogens is 590 g/mol. The van der Waals surface area contributed by atoms with Gasteiger partial charge in [0.2, 0.25) is 11.8 Å². The molecule has 3 rings (SSSR count). The van der Waals surface area contributed by atoms with Gasteiger partial charge in [-0.2, -0.15) is 31.4 Å². The van der Waals surface area contributed by atoms with Crippen LogP contribution in [0.4, 0.5) is 37.0 Å². The molecule has 236 valence electrons. The van der Waals surface area contributed by atoms with Crippen molar-refractivity contribution in [2.24, 2.45) is 5.41 Å². The fourth-order valence-electron chi connectivity index (χ4n) is 4.45. The number of nitrogens with zero attached hydrogens (tertiary/aromatic N) is 4. The molecule has 1 aromatic carbocycles. The van der Waals surface area contributed by atoms with Gasteiger partial charge in [0.1, 0.15) is 18.0 Å². The van der Waals surface area contributed by atoms with E-state index in [2.05, 4.69) is 25.7 Å². The maximum Gasteiger partial charge on any atom is 0.416 e. The highest BCUT2D eigenvalue weighted by molar-refractivity contribution is 5.94. The number of benzene rings is 1. The number of alkyl halides is 6. The van der Waals surface area contributed by atoms with Gasteiger partial charge in [-0.25, -0.2) is 0 Å². The van der Waals surface area contributed by atoms with Gasteiger partial charge >= 0.3 is 12.4 Å². The average molecular weight is 620 g/mol. The van der Waals surface area contributed by atoms with Crippen molar-refractivity contribution in [1.29, 1.82) is 0 Å². The lowest BCUT2D eigenvalue weighted by Gasteiger charge is -2.45. The van der Waals surface area contributed by atoms with Crippen LogP contribution in [0, 0.1) is 5.41 Å². The molecular formula is C26H29F6N6O5-. The van der Waals surface area contributed by atoms with E-state index >= 15 is 0 Å². The number of hydrogen-bond acceptors (Lipinski definition) is 8. The molecule has 17 heteroatoms. The first-order chi connectivity index (χ1) is 19.8. The van der Waals surface area contributed by atoms with Gasteiger partial charge < -0.3 is 29.6 Å². The SMILES string of the molecule is CCCC[C@@H]([C@@H](O)C(=O)Nc1ccn[nH]1)N(C(=O)[O-])[C@H](c1nnc(-c2cc(C(F)(F)F)cc(C(F)(F)F)c2)o1)C(C)(C)C. The molecule has 11 nitrogen and oxygen atoms in total. The van der Waals surface area contributed by atoms with Crippen molar-refractivity contribution in [3.05, 3.63) is 47.5 Å². The molecule has 0 spiro atoms. The highest BCUT2D eigenvalue weighted by atomic mass is 19.4. The molecule has 0 bridgehead atoms. The summed E-state index contributed by atoms with van der Waals surface area (Å²) >= 11 is 0. The molecule has 0 unspecified atom stereocenters. The van der Waals surface area contributed by atoms with E-state index in [0.29, 0.717) is 29.9 Å². The molecule has 3 N–H and O–H groups in total. The van der Waals surface area contributed by atoms with Crippen molar-refractivity contribution in [3.63, 3.8) is 0 Å². The third kappa shape index (κ3) is 8.03. The number of anilines is 1. The maximum atomic E-state index is 13.4. The summed E-state index contributed by atoms with van der Waals surface area (Å²) in [4.78, 5) is 26.1. The van der Waals surface area contributed by atoms with E-state index in [-0.39, 0.29) is 18.3 Å². The lowest BCUT2D eigenvalue weighted by Crippen LogP contribution is -2.58. The number of aromatic nitrogens is 4. The Kier molecular flexibility index (Phi) is 9.78. The standard InChI is InChI=1S/C26H30F6N6O5/c1-5-6-7-16(18(39)20(40)34-17-8-9-33-35-17)38(23(41)42)19(24(2,3)4)22-37-36-21(43-22)13-10-14(25(27,28)29)12-15(11-13)26(30,31)32/h8-12,16,18-19,39H,5-7H2,1-4H3,(H,41,42)(H2,33,34,35,40)/p-1/t16-,18+,19+/m0/s1.